The van der Waals surface area contributed by atoms with Crippen molar-refractivity contribution in [1.29, 1.82) is 0 Å². The molecule has 0 aliphatic rings. The molecule has 0 spiro atoms. The molecule has 0 bridgehead atoms. The Morgan fingerprint density at radius 1 is 1.26 bits per heavy atom. The summed E-state index contributed by atoms with van der Waals surface area (Å²) in [4.78, 5) is 11.8. The molecule has 5 heteroatoms. The first-order valence-electron chi connectivity index (χ1n) is 6.24. The third-order valence-corrected chi connectivity index (χ3v) is 2.93. The summed E-state index contributed by atoms with van der Waals surface area (Å²) < 4.78 is 0. The van der Waals surface area contributed by atoms with Gasteiger partial charge in [-0.3, -0.25) is 10.4 Å². The molecule has 0 radical (unpaired) electrons. The summed E-state index contributed by atoms with van der Waals surface area (Å²) in [6, 6.07) is 7.51. The van der Waals surface area contributed by atoms with Crippen molar-refractivity contribution in [2.24, 2.45) is 0 Å². The smallest absolute Gasteiger partial charge is 0.307 e. The van der Waals surface area contributed by atoms with E-state index in [1.165, 1.54) is 5.56 Å². The summed E-state index contributed by atoms with van der Waals surface area (Å²) in [6.45, 7) is 6.22. The minimum Gasteiger partial charge on any atom is -0.307 e. The number of aryl methyl sites for hydroxylation is 1. The number of aromatic nitrogens is 2. The number of rotatable bonds is 3. The van der Waals surface area contributed by atoms with Gasteiger partial charge < -0.3 is 5.32 Å². The van der Waals surface area contributed by atoms with Crippen LogP contribution < -0.4 is 10.6 Å². The number of nitrogens with one attached hydrogen (secondary N) is 3. The van der Waals surface area contributed by atoms with Crippen LogP contribution in [0.25, 0.3) is 0 Å². The lowest BCUT2D eigenvalue weighted by atomic mass is 10.0. The second kappa shape index (κ2) is 5.56. The molecule has 3 N–H and O–H groups in total. The first kappa shape index (κ1) is 13.1. The Morgan fingerprint density at radius 3 is 2.68 bits per heavy atom. The van der Waals surface area contributed by atoms with Gasteiger partial charge in [-0.2, -0.15) is 5.10 Å². The zero-order valence-corrected chi connectivity index (χ0v) is 11.3. The molecule has 1 aromatic carbocycles. The molecule has 0 aliphatic carbocycles. The van der Waals surface area contributed by atoms with Gasteiger partial charge in [0.15, 0.2) is 0 Å². The number of benzene rings is 1. The fourth-order valence-electron chi connectivity index (χ4n) is 1.73. The molecule has 0 saturated heterocycles. The van der Waals surface area contributed by atoms with Crippen LogP contribution in [0.15, 0.2) is 30.5 Å². The van der Waals surface area contributed by atoms with Crippen molar-refractivity contribution in [1.82, 2.24) is 10.2 Å². The molecule has 2 amide bonds. The highest BCUT2D eigenvalue weighted by molar-refractivity contribution is 5.99. The Kier molecular flexibility index (Phi) is 3.85. The molecule has 5 nitrogen and oxygen atoms in total. The molecule has 1 heterocycles. The van der Waals surface area contributed by atoms with Gasteiger partial charge in [0, 0.05) is 11.8 Å². The third kappa shape index (κ3) is 3.34. The van der Waals surface area contributed by atoms with Gasteiger partial charge in [0.05, 0.1) is 6.20 Å². The van der Waals surface area contributed by atoms with E-state index in [1.807, 2.05) is 19.1 Å². The number of hydrogen-bond acceptors (Lipinski definition) is 2. The van der Waals surface area contributed by atoms with Crippen LogP contribution in [0.1, 0.15) is 30.9 Å². The van der Waals surface area contributed by atoms with Gasteiger partial charge in [-0.1, -0.05) is 26.0 Å². The topological polar surface area (TPSA) is 69.8 Å². The fourth-order valence-corrected chi connectivity index (χ4v) is 1.73. The van der Waals surface area contributed by atoms with E-state index in [1.54, 1.807) is 12.3 Å². The van der Waals surface area contributed by atoms with Gasteiger partial charge in [0.25, 0.3) is 0 Å². The number of H-pyrrole nitrogens is 1. The number of anilines is 2. The summed E-state index contributed by atoms with van der Waals surface area (Å²) in [5.74, 6) is 0.993. The van der Waals surface area contributed by atoms with Crippen LogP contribution in [-0.4, -0.2) is 16.2 Å². The third-order valence-electron chi connectivity index (χ3n) is 2.93. The molecule has 0 saturated carbocycles. The van der Waals surface area contributed by atoms with E-state index in [-0.39, 0.29) is 6.03 Å². The van der Waals surface area contributed by atoms with Gasteiger partial charge in [0.1, 0.15) is 5.82 Å². The van der Waals surface area contributed by atoms with Crippen molar-refractivity contribution >= 4 is 17.5 Å². The average molecular weight is 258 g/mol. The molecule has 0 unspecified atom stereocenters. The minimum absolute atomic E-state index is 0.284. The van der Waals surface area contributed by atoms with Gasteiger partial charge in [0.2, 0.25) is 0 Å². The van der Waals surface area contributed by atoms with Crippen LogP contribution in [0.5, 0.6) is 0 Å². The Bertz CT molecular complexity index is 561. The Hall–Kier alpha value is -2.30. The number of urea groups is 1. The molecular formula is C14H18N4O. The van der Waals surface area contributed by atoms with Crippen LogP contribution in [0.3, 0.4) is 0 Å². The molecule has 0 fully saturated rings. The molecule has 2 aromatic rings. The first-order valence-corrected chi connectivity index (χ1v) is 6.24. The normalized spacial score (nSPS) is 10.5. The lowest BCUT2D eigenvalue weighted by Crippen LogP contribution is -2.20. The Labute approximate surface area is 112 Å². The highest BCUT2D eigenvalue weighted by Gasteiger charge is 2.08. The summed E-state index contributed by atoms with van der Waals surface area (Å²) in [5, 5.41) is 12.0. The van der Waals surface area contributed by atoms with Gasteiger partial charge >= 0.3 is 6.03 Å². The molecule has 1 aromatic heterocycles. The van der Waals surface area contributed by atoms with Crippen molar-refractivity contribution in [2.75, 3.05) is 10.6 Å². The van der Waals surface area contributed by atoms with Gasteiger partial charge in [-0.05, 0) is 30.0 Å². The quantitative estimate of drug-likeness (QED) is 0.788. The van der Waals surface area contributed by atoms with Crippen LogP contribution in [-0.2, 0) is 0 Å². The van der Waals surface area contributed by atoms with Crippen molar-refractivity contribution in [3.8, 4) is 0 Å². The van der Waals surface area contributed by atoms with Crippen LogP contribution in [0.2, 0.25) is 0 Å². The van der Waals surface area contributed by atoms with E-state index in [0.29, 0.717) is 11.7 Å². The largest absolute Gasteiger partial charge is 0.324 e. The van der Waals surface area contributed by atoms with Crippen LogP contribution in [0.4, 0.5) is 16.3 Å². The van der Waals surface area contributed by atoms with E-state index >= 15 is 0 Å². The molecule has 0 atom stereocenters. The second-order valence-electron chi connectivity index (χ2n) is 4.78. The number of nitrogens with zero attached hydrogens (tertiary/aromatic N) is 1. The van der Waals surface area contributed by atoms with Gasteiger partial charge in [-0.25, -0.2) is 4.79 Å². The van der Waals surface area contributed by atoms with Crippen molar-refractivity contribution < 1.29 is 4.79 Å². The van der Waals surface area contributed by atoms with Crippen LogP contribution >= 0.6 is 0 Å². The first-order chi connectivity index (χ1) is 9.06. The zero-order valence-electron chi connectivity index (χ0n) is 11.3. The molecule has 100 valence electrons. The predicted molar refractivity (Wildman–Crippen MR) is 76.5 cm³/mol. The van der Waals surface area contributed by atoms with E-state index in [0.717, 1.165) is 11.3 Å². The molecule has 2 rings (SSSR count). The van der Waals surface area contributed by atoms with E-state index < -0.39 is 0 Å². The SMILES string of the molecule is Cc1ccc(C(C)C)cc1NC(=O)Nc1ccn[nH]1. The summed E-state index contributed by atoms with van der Waals surface area (Å²) >= 11 is 0. The van der Waals surface area contributed by atoms with E-state index in [4.69, 9.17) is 0 Å². The summed E-state index contributed by atoms with van der Waals surface area (Å²) in [7, 11) is 0. The monoisotopic (exact) mass is 258 g/mol. The second-order valence-corrected chi connectivity index (χ2v) is 4.78. The van der Waals surface area contributed by atoms with Crippen LogP contribution in [0, 0.1) is 6.92 Å². The van der Waals surface area contributed by atoms with E-state index in [9.17, 15) is 4.79 Å². The maximum absolute atomic E-state index is 11.8. The maximum atomic E-state index is 11.8. The Morgan fingerprint density at radius 2 is 2.05 bits per heavy atom. The minimum atomic E-state index is -0.284. The molecule has 0 aliphatic heterocycles. The number of hydrogen-bond donors (Lipinski definition) is 3. The predicted octanol–water partition coefficient (Wildman–Crippen LogP) is 3.49. The highest BCUT2D eigenvalue weighted by atomic mass is 16.2. The van der Waals surface area contributed by atoms with Crippen molar-refractivity contribution in [3.63, 3.8) is 0 Å². The molecule has 19 heavy (non-hydrogen) atoms. The Balaban J connectivity index is 2.09. The maximum Gasteiger partial charge on any atom is 0.324 e. The lowest BCUT2D eigenvalue weighted by Gasteiger charge is -2.12. The standard InChI is InChI=1S/C14H18N4O/c1-9(2)11-5-4-10(3)12(8-11)16-14(19)17-13-6-7-15-18-13/h4-9H,1-3H3,(H3,15,16,17,18,19). The van der Waals surface area contributed by atoms with Gasteiger partial charge in [-0.15, -0.1) is 0 Å². The number of carbonyl (C=O) groups excluding carboxylic acids is 1. The summed E-state index contributed by atoms with van der Waals surface area (Å²) in [6.07, 6.45) is 1.58. The average Bonchev–Trinajstić information content (AvgIpc) is 2.84. The number of amides is 2. The number of carbonyl (C=O) groups is 1. The van der Waals surface area contributed by atoms with E-state index in [2.05, 4.69) is 40.7 Å². The number of aromatic amines is 1. The lowest BCUT2D eigenvalue weighted by molar-refractivity contribution is 0.262. The zero-order chi connectivity index (χ0) is 13.8. The summed E-state index contributed by atoms with van der Waals surface area (Å²) in [5.41, 5.74) is 3.05. The highest BCUT2D eigenvalue weighted by Crippen LogP contribution is 2.22. The fraction of sp³-hybridized carbons (Fsp3) is 0.286. The van der Waals surface area contributed by atoms with Crippen molar-refractivity contribution in [2.45, 2.75) is 26.7 Å². The van der Waals surface area contributed by atoms with Crippen molar-refractivity contribution in [3.05, 3.63) is 41.6 Å². The molecular weight excluding hydrogens is 240 g/mol.